The van der Waals surface area contributed by atoms with E-state index in [1.54, 1.807) is 54.3 Å². The van der Waals surface area contributed by atoms with Crippen molar-refractivity contribution in [2.45, 2.75) is 13.1 Å². The van der Waals surface area contributed by atoms with Crippen molar-refractivity contribution in [3.63, 3.8) is 0 Å². The van der Waals surface area contributed by atoms with Crippen molar-refractivity contribution in [3.05, 3.63) is 48.3 Å². The Labute approximate surface area is 157 Å². The molecule has 144 valence electrons. The molecule has 0 fully saturated rings. The molecule has 0 aliphatic heterocycles. The van der Waals surface area contributed by atoms with E-state index in [1.165, 1.54) is 11.6 Å². The van der Waals surface area contributed by atoms with E-state index in [0.717, 1.165) is 11.6 Å². The second-order valence-electron chi connectivity index (χ2n) is 6.32. The largest absolute Gasteiger partial charge is 0.433 e. The van der Waals surface area contributed by atoms with E-state index in [-0.39, 0.29) is 11.6 Å². The van der Waals surface area contributed by atoms with Crippen molar-refractivity contribution in [3.8, 4) is 28.5 Å². The average molecular weight is 388 g/mol. The van der Waals surface area contributed by atoms with Gasteiger partial charge in [0.1, 0.15) is 5.69 Å². The first kappa shape index (κ1) is 17.9. The molecule has 0 aromatic carbocycles. The van der Waals surface area contributed by atoms with Gasteiger partial charge in [0, 0.05) is 43.3 Å². The highest BCUT2D eigenvalue weighted by atomic mass is 19.4. The second kappa shape index (κ2) is 6.29. The summed E-state index contributed by atoms with van der Waals surface area (Å²) in [5.74, 6) is -0.165. The lowest BCUT2D eigenvalue weighted by molar-refractivity contribution is -0.141. The van der Waals surface area contributed by atoms with Crippen molar-refractivity contribution in [2.75, 3.05) is 0 Å². The number of nitrogens with zero attached hydrogens (tertiary/aromatic N) is 8. The number of hydrogen-bond acceptors (Lipinski definition) is 5. The van der Waals surface area contributed by atoms with Crippen molar-refractivity contribution < 1.29 is 13.2 Å². The smallest absolute Gasteiger partial charge is 0.275 e. The molecule has 4 rings (SSSR count). The van der Waals surface area contributed by atoms with Gasteiger partial charge in [-0.15, -0.1) is 0 Å². The molecule has 0 radical (unpaired) electrons. The molecular formula is C17H15F3N8. The fourth-order valence-electron chi connectivity index (χ4n) is 2.78. The summed E-state index contributed by atoms with van der Waals surface area (Å²) in [5.41, 5.74) is 1.61. The summed E-state index contributed by atoms with van der Waals surface area (Å²) in [5, 5.41) is 12.7. The summed E-state index contributed by atoms with van der Waals surface area (Å²) in [4.78, 5) is 7.86. The normalized spacial score (nSPS) is 11.9. The van der Waals surface area contributed by atoms with Gasteiger partial charge in [0.2, 0.25) is 0 Å². The topological polar surface area (TPSA) is 79.2 Å². The molecule has 4 aromatic heterocycles. The molecule has 0 N–H and O–H groups in total. The van der Waals surface area contributed by atoms with Gasteiger partial charge in [-0.2, -0.15) is 33.1 Å². The van der Waals surface area contributed by atoms with Crippen molar-refractivity contribution in [1.29, 1.82) is 0 Å². The van der Waals surface area contributed by atoms with Gasteiger partial charge in [0.25, 0.3) is 5.95 Å². The second-order valence-corrected chi connectivity index (χ2v) is 6.32. The highest BCUT2D eigenvalue weighted by molar-refractivity contribution is 5.68. The highest BCUT2D eigenvalue weighted by Gasteiger charge is 2.34. The summed E-state index contributed by atoms with van der Waals surface area (Å²) < 4.78 is 44.2. The molecule has 4 heterocycles. The van der Waals surface area contributed by atoms with Crippen LogP contribution in [0.4, 0.5) is 13.2 Å². The van der Waals surface area contributed by atoms with E-state index in [9.17, 15) is 13.2 Å². The quantitative estimate of drug-likeness (QED) is 0.539. The van der Waals surface area contributed by atoms with Crippen molar-refractivity contribution >= 4 is 0 Å². The SMILES string of the molecule is Cc1cc(C(F)(F)F)nc(-n2nc(-c3cnn(C)c3)cc2-c2cnn(C)c2)n1. The van der Waals surface area contributed by atoms with Crippen LogP contribution in [0.5, 0.6) is 0 Å². The lowest BCUT2D eigenvalue weighted by Crippen LogP contribution is -2.14. The molecule has 0 bridgehead atoms. The van der Waals surface area contributed by atoms with Crippen LogP contribution in [0.15, 0.2) is 36.9 Å². The number of aryl methyl sites for hydroxylation is 3. The Hall–Kier alpha value is -3.50. The summed E-state index contributed by atoms with van der Waals surface area (Å²) in [6, 6.07) is 2.64. The van der Waals surface area contributed by atoms with Crippen LogP contribution in [0.3, 0.4) is 0 Å². The van der Waals surface area contributed by atoms with Gasteiger partial charge < -0.3 is 0 Å². The molecule has 0 aliphatic carbocycles. The fraction of sp³-hybridized carbons (Fsp3) is 0.235. The van der Waals surface area contributed by atoms with Gasteiger partial charge in [0.15, 0.2) is 0 Å². The van der Waals surface area contributed by atoms with Gasteiger partial charge in [0.05, 0.1) is 23.8 Å². The van der Waals surface area contributed by atoms with Crippen LogP contribution in [0.2, 0.25) is 0 Å². The van der Waals surface area contributed by atoms with Gasteiger partial charge in [-0.25, -0.2) is 9.97 Å². The molecule has 8 nitrogen and oxygen atoms in total. The first-order chi connectivity index (χ1) is 13.2. The fourth-order valence-corrected chi connectivity index (χ4v) is 2.78. The Balaban J connectivity index is 1.93. The monoisotopic (exact) mass is 388 g/mol. The maximum absolute atomic E-state index is 13.2. The lowest BCUT2D eigenvalue weighted by Gasteiger charge is -2.10. The van der Waals surface area contributed by atoms with Crippen molar-refractivity contribution in [1.82, 2.24) is 39.3 Å². The van der Waals surface area contributed by atoms with Gasteiger partial charge in [-0.05, 0) is 19.1 Å². The summed E-state index contributed by atoms with van der Waals surface area (Å²) >= 11 is 0. The minimum absolute atomic E-state index is 0.165. The predicted octanol–water partition coefficient (Wildman–Crippen LogP) is 2.79. The summed E-state index contributed by atoms with van der Waals surface area (Å²) in [6.45, 7) is 1.48. The minimum Gasteiger partial charge on any atom is -0.275 e. The highest BCUT2D eigenvalue weighted by Crippen LogP contribution is 2.31. The number of hydrogen-bond donors (Lipinski definition) is 0. The third kappa shape index (κ3) is 3.26. The zero-order valence-corrected chi connectivity index (χ0v) is 15.2. The van der Waals surface area contributed by atoms with Gasteiger partial charge in [-0.3, -0.25) is 9.36 Å². The molecule has 0 amide bonds. The first-order valence-corrected chi connectivity index (χ1v) is 8.22. The molecule has 4 aromatic rings. The molecule has 0 saturated heterocycles. The molecule has 0 unspecified atom stereocenters. The summed E-state index contributed by atoms with van der Waals surface area (Å²) in [6.07, 6.45) is 2.13. The van der Waals surface area contributed by atoms with Crippen LogP contribution in [-0.4, -0.2) is 39.3 Å². The van der Waals surface area contributed by atoms with E-state index in [4.69, 9.17) is 0 Å². The Morgan fingerprint density at radius 3 is 2.11 bits per heavy atom. The molecule has 0 atom stereocenters. The maximum atomic E-state index is 13.2. The third-order valence-electron chi connectivity index (χ3n) is 4.03. The molecular weight excluding hydrogens is 373 g/mol. The van der Waals surface area contributed by atoms with Crippen LogP contribution < -0.4 is 0 Å². The zero-order valence-electron chi connectivity index (χ0n) is 15.2. The van der Waals surface area contributed by atoms with E-state index in [2.05, 4.69) is 25.3 Å². The van der Waals surface area contributed by atoms with Crippen LogP contribution in [0.25, 0.3) is 28.5 Å². The van der Waals surface area contributed by atoms with Gasteiger partial charge in [-0.1, -0.05) is 0 Å². The Bertz CT molecular complexity index is 1150. The maximum Gasteiger partial charge on any atom is 0.433 e. The zero-order chi connectivity index (χ0) is 20.1. The predicted molar refractivity (Wildman–Crippen MR) is 93.3 cm³/mol. The Kier molecular flexibility index (Phi) is 4.02. The Morgan fingerprint density at radius 1 is 0.893 bits per heavy atom. The molecule has 0 saturated carbocycles. The first-order valence-electron chi connectivity index (χ1n) is 8.22. The van der Waals surface area contributed by atoms with Crippen LogP contribution in [0, 0.1) is 6.92 Å². The van der Waals surface area contributed by atoms with Crippen LogP contribution in [-0.2, 0) is 20.3 Å². The summed E-state index contributed by atoms with van der Waals surface area (Å²) in [7, 11) is 3.51. The lowest BCUT2D eigenvalue weighted by atomic mass is 10.2. The standard InChI is InChI=1S/C17H15F3N8/c1-10-4-15(17(18,19)20)24-16(23-10)28-14(12-7-22-27(3)9-12)5-13(25-28)11-6-21-26(2)8-11/h4-9H,1-3H3. The molecule has 11 heteroatoms. The van der Waals surface area contributed by atoms with Crippen LogP contribution in [0.1, 0.15) is 11.4 Å². The number of rotatable bonds is 3. The third-order valence-corrected chi connectivity index (χ3v) is 4.03. The molecule has 0 spiro atoms. The van der Waals surface area contributed by atoms with E-state index >= 15 is 0 Å². The molecule has 28 heavy (non-hydrogen) atoms. The average Bonchev–Trinajstić information content (AvgIpc) is 3.32. The minimum atomic E-state index is -4.59. The van der Waals surface area contributed by atoms with E-state index in [1.807, 2.05) is 0 Å². The van der Waals surface area contributed by atoms with Gasteiger partial charge >= 0.3 is 6.18 Å². The Morgan fingerprint density at radius 2 is 1.54 bits per heavy atom. The van der Waals surface area contributed by atoms with Crippen molar-refractivity contribution in [2.24, 2.45) is 14.1 Å². The van der Waals surface area contributed by atoms with E-state index in [0.29, 0.717) is 17.0 Å². The number of aromatic nitrogens is 8. The van der Waals surface area contributed by atoms with E-state index < -0.39 is 11.9 Å². The number of alkyl halides is 3. The molecule has 0 aliphatic rings. The van der Waals surface area contributed by atoms with Crippen LogP contribution >= 0.6 is 0 Å². The number of halogens is 3.